The van der Waals surface area contributed by atoms with E-state index in [1.807, 2.05) is 30.3 Å². The Morgan fingerprint density at radius 3 is 2.62 bits per heavy atom. The van der Waals surface area contributed by atoms with E-state index in [9.17, 15) is 4.79 Å². The Balaban J connectivity index is 1.83. The van der Waals surface area contributed by atoms with Crippen molar-refractivity contribution in [3.05, 3.63) is 35.9 Å². The Labute approximate surface area is 95.0 Å². The van der Waals surface area contributed by atoms with Crippen LogP contribution in [0.25, 0.3) is 0 Å². The third kappa shape index (κ3) is 2.83. The Bertz CT molecular complexity index is 343. The molecule has 1 aromatic rings. The van der Waals surface area contributed by atoms with Crippen LogP contribution in [0.3, 0.4) is 0 Å². The van der Waals surface area contributed by atoms with Crippen LogP contribution in [-0.4, -0.2) is 17.7 Å². The number of benzene rings is 1. The number of ether oxygens (including phenoxy) is 1. The first-order valence-corrected chi connectivity index (χ1v) is 5.62. The smallest absolute Gasteiger partial charge is 0.311 e. The molecule has 1 aromatic carbocycles. The minimum absolute atomic E-state index is 0.0989. The molecule has 1 unspecified atom stereocenters. The first-order chi connectivity index (χ1) is 7.81. The lowest BCUT2D eigenvalue weighted by atomic mass is 10.1. The van der Waals surface area contributed by atoms with Gasteiger partial charge in [-0.2, -0.15) is 0 Å². The van der Waals surface area contributed by atoms with E-state index >= 15 is 0 Å². The van der Waals surface area contributed by atoms with Gasteiger partial charge >= 0.3 is 5.97 Å². The number of rotatable bonds is 5. The van der Waals surface area contributed by atoms with Crippen LogP contribution in [0.5, 0.6) is 0 Å². The van der Waals surface area contributed by atoms with Crippen molar-refractivity contribution in [2.24, 2.45) is 11.8 Å². The predicted molar refractivity (Wildman–Crippen MR) is 59.5 cm³/mol. The third-order valence-electron chi connectivity index (χ3n) is 2.91. The van der Waals surface area contributed by atoms with Crippen LogP contribution >= 0.6 is 0 Å². The van der Waals surface area contributed by atoms with Crippen LogP contribution in [0.4, 0.5) is 0 Å². The van der Waals surface area contributed by atoms with E-state index in [-0.39, 0.29) is 18.5 Å². The van der Waals surface area contributed by atoms with Crippen molar-refractivity contribution in [3.63, 3.8) is 0 Å². The van der Waals surface area contributed by atoms with Gasteiger partial charge in [0.2, 0.25) is 0 Å². The monoisotopic (exact) mass is 220 g/mol. The Morgan fingerprint density at radius 2 is 2.06 bits per heavy atom. The normalized spacial score (nSPS) is 16.8. The van der Waals surface area contributed by atoms with Crippen molar-refractivity contribution >= 4 is 5.97 Å². The summed E-state index contributed by atoms with van der Waals surface area (Å²) in [6.45, 7) is 0.196. The zero-order valence-corrected chi connectivity index (χ0v) is 9.13. The van der Waals surface area contributed by atoms with Gasteiger partial charge in [0.25, 0.3) is 0 Å². The van der Waals surface area contributed by atoms with Gasteiger partial charge in [-0.25, -0.2) is 0 Å². The van der Waals surface area contributed by atoms with Crippen LogP contribution in [0, 0.1) is 11.8 Å². The van der Waals surface area contributed by atoms with Crippen LogP contribution in [0.2, 0.25) is 0 Å². The van der Waals surface area contributed by atoms with Gasteiger partial charge < -0.3 is 9.84 Å². The molecule has 0 bridgehead atoms. The van der Waals surface area contributed by atoms with Gasteiger partial charge in [0.05, 0.1) is 12.5 Å². The summed E-state index contributed by atoms with van der Waals surface area (Å²) in [5, 5.41) is 9.10. The van der Waals surface area contributed by atoms with Gasteiger partial charge in [-0.05, 0) is 24.3 Å². The van der Waals surface area contributed by atoms with E-state index in [0.29, 0.717) is 12.5 Å². The molecule has 0 aliphatic heterocycles. The fourth-order valence-electron chi connectivity index (χ4n) is 1.75. The molecular formula is C13H16O3. The molecule has 0 saturated heterocycles. The summed E-state index contributed by atoms with van der Waals surface area (Å²) < 4.78 is 5.18. The molecule has 1 aliphatic rings. The molecule has 0 heterocycles. The maximum absolute atomic E-state index is 11.6. The zero-order valence-electron chi connectivity index (χ0n) is 9.13. The summed E-state index contributed by atoms with van der Waals surface area (Å²) in [4.78, 5) is 11.6. The lowest BCUT2D eigenvalue weighted by molar-refractivity contribution is -0.152. The number of hydrogen-bond donors (Lipinski definition) is 1. The molecule has 1 saturated carbocycles. The number of carbonyl (C=O) groups excluding carboxylic acids is 1. The second-order valence-corrected chi connectivity index (χ2v) is 4.22. The van der Waals surface area contributed by atoms with Crippen molar-refractivity contribution in [1.82, 2.24) is 0 Å². The van der Waals surface area contributed by atoms with Crippen LogP contribution in [0.1, 0.15) is 18.4 Å². The lowest BCUT2D eigenvalue weighted by Crippen LogP contribution is -2.23. The number of aliphatic hydroxyl groups excluding tert-OH is 1. The summed E-state index contributed by atoms with van der Waals surface area (Å²) in [7, 11) is 0. The van der Waals surface area contributed by atoms with Crippen molar-refractivity contribution in [2.75, 3.05) is 6.61 Å². The van der Waals surface area contributed by atoms with Gasteiger partial charge in [0.15, 0.2) is 0 Å². The molecule has 0 aromatic heterocycles. The highest BCUT2D eigenvalue weighted by molar-refractivity contribution is 5.73. The first-order valence-electron chi connectivity index (χ1n) is 5.62. The van der Waals surface area contributed by atoms with Gasteiger partial charge in [0.1, 0.15) is 6.61 Å². The summed E-state index contributed by atoms with van der Waals surface area (Å²) >= 11 is 0. The van der Waals surface area contributed by atoms with Gasteiger partial charge in [0, 0.05) is 0 Å². The molecule has 1 fully saturated rings. The second kappa shape index (κ2) is 5.12. The summed E-state index contributed by atoms with van der Waals surface area (Å²) in [6.07, 6.45) is 2.07. The quantitative estimate of drug-likeness (QED) is 0.769. The highest BCUT2D eigenvalue weighted by atomic mass is 16.5. The van der Waals surface area contributed by atoms with E-state index in [4.69, 9.17) is 9.84 Å². The minimum Gasteiger partial charge on any atom is -0.461 e. The van der Waals surface area contributed by atoms with E-state index in [1.165, 1.54) is 0 Å². The SMILES string of the molecule is O=C(OCc1ccccc1)C(CO)C1CC1. The molecule has 1 atom stereocenters. The molecule has 0 radical (unpaired) electrons. The number of esters is 1. The van der Waals surface area contributed by atoms with E-state index in [1.54, 1.807) is 0 Å². The summed E-state index contributed by atoms with van der Waals surface area (Å²) in [5.74, 6) is -0.245. The highest BCUT2D eigenvalue weighted by Crippen LogP contribution is 2.37. The molecule has 16 heavy (non-hydrogen) atoms. The molecular weight excluding hydrogens is 204 g/mol. The zero-order chi connectivity index (χ0) is 11.4. The molecule has 3 nitrogen and oxygen atoms in total. The van der Waals surface area contributed by atoms with Crippen molar-refractivity contribution in [3.8, 4) is 0 Å². The fourth-order valence-corrected chi connectivity index (χ4v) is 1.75. The maximum Gasteiger partial charge on any atom is 0.311 e. The predicted octanol–water partition coefficient (Wildman–Crippen LogP) is 1.75. The molecule has 2 rings (SSSR count). The molecule has 0 amide bonds. The molecule has 3 heteroatoms. The fraction of sp³-hybridized carbons (Fsp3) is 0.462. The molecule has 1 N–H and O–H groups in total. The Hall–Kier alpha value is -1.35. The standard InChI is InChI=1S/C13H16O3/c14-8-12(11-6-7-11)13(15)16-9-10-4-2-1-3-5-10/h1-5,11-12,14H,6-9H2. The number of hydrogen-bond acceptors (Lipinski definition) is 3. The summed E-state index contributed by atoms with van der Waals surface area (Å²) in [5.41, 5.74) is 0.975. The van der Waals surface area contributed by atoms with Crippen LogP contribution in [0.15, 0.2) is 30.3 Å². The molecule has 86 valence electrons. The minimum atomic E-state index is -0.316. The van der Waals surface area contributed by atoms with Crippen LogP contribution in [-0.2, 0) is 16.1 Å². The van der Waals surface area contributed by atoms with E-state index in [2.05, 4.69) is 0 Å². The first kappa shape index (κ1) is 11.1. The van der Waals surface area contributed by atoms with Gasteiger partial charge in [-0.1, -0.05) is 30.3 Å². The Morgan fingerprint density at radius 1 is 1.38 bits per heavy atom. The van der Waals surface area contributed by atoms with E-state index in [0.717, 1.165) is 18.4 Å². The van der Waals surface area contributed by atoms with Gasteiger partial charge in [-0.15, -0.1) is 0 Å². The molecule has 0 spiro atoms. The lowest BCUT2D eigenvalue weighted by Gasteiger charge is -2.12. The number of carbonyl (C=O) groups is 1. The third-order valence-corrected chi connectivity index (χ3v) is 2.91. The van der Waals surface area contributed by atoms with E-state index < -0.39 is 0 Å². The largest absolute Gasteiger partial charge is 0.461 e. The van der Waals surface area contributed by atoms with Crippen molar-refractivity contribution < 1.29 is 14.6 Å². The topological polar surface area (TPSA) is 46.5 Å². The van der Waals surface area contributed by atoms with Crippen molar-refractivity contribution in [1.29, 1.82) is 0 Å². The number of aliphatic hydroxyl groups is 1. The van der Waals surface area contributed by atoms with Crippen LogP contribution < -0.4 is 0 Å². The van der Waals surface area contributed by atoms with Crippen molar-refractivity contribution in [2.45, 2.75) is 19.4 Å². The average molecular weight is 220 g/mol. The molecule has 1 aliphatic carbocycles. The highest BCUT2D eigenvalue weighted by Gasteiger charge is 2.36. The Kier molecular flexibility index (Phi) is 3.57. The average Bonchev–Trinajstić information content (AvgIpc) is 3.13. The maximum atomic E-state index is 11.6. The summed E-state index contributed by atoms with van der Waals surface area (Å²) in [6, 6.07) is 9.57. The second-order valence-electron chi connectivity index (χ2n) is 4.22. The van der Waals surface area contributed by atoms with Gasteiger partial charge in [-0.3, -0.25) is 4.79 Å².